The predicted molar refractivity (Wildman–Crippen MR) is 98.8 cm³/mol. The van der Waals surface area contributed by atoms with Crippen molar-refractivity contribution in [3.63, 3.8) is 0 Å². The van der Waals surface area contributed by atoms with E-state index in [1.54, 1.807) is 34.4 Å². The number of hydrogen-bond donors (Lipinski definition) is 0. The van der Waals surface area contributed by atoms with Crippen LogP contribution in [0.3, 0.4) is 0 Å². The van der Waals surface area contributed by atoms with Crippen LogP contribution < -0.4 is 0 Å². The quantitative estimate of drug-likeness (QED) is 0.801. The molecule has 2 aliphatic rings. The van der Waals surface area contributed by atoms with Crippen molar-refractivity contribution < 1.29 is 17.9 Å². The molecule has 3 heterocycles. The van der Waals surface area contributed by atoms with Gasteiger partial charge >= 0.3 is 0 Å². The average Bonchev–Trinajstić information content (AvgIpc) is 3.16. The lowest BCUT2D eigenvalue weighted by Gasteiger charge is -2.29. The zero-order chi connectivity index (χ0) is 18.1. The lowest BCUT2D eigenvalue weighted by Crippen LogP contribution is -2.42. The van der Waals surface area contributed by atoms with Gasteiger partial charge in [0.15, 0.2) is 0 Å². The van der Waals surface area contributed by atoms with E-state index >= 15 is 0 Å². The molecule has 8 heteroatoms. The first-order valence-corrected chi connectivity index (χ1v) is 10.9. The number of carbonyl (C=O) groups excluding carboxylic acids is 1. The number of nitrogens with zero attached hydrogens (tertiary/aromatic N) is 2. The number of thiophene rings is 1. The molecule has 0 N–H and O–H groups in total. The van der Waals surface area contributed by atoms with Crippen LogP contribution in [0.1, 0.15) is 20.8 Å². The molecule has 1 amide bonds. The van der Waals surface area contributed by atoms with Crippen LogP contribution in [0.4, 0.5) is 0 Å². The summed E-state index contributed by atoms with van der Waals surface area (Å²) in [6.45, 7) is 2.52. The van der Waals surface area contributed by atoms with Gasteiger partial charge < -0.3 is 9.64 Å². The van der Waals surface area contributed by atoms with Gasteiger partial charge in [0.1, 0.15) is 0 Å². The number of sulfonamides is 1. The number of amides is 1. The summed E-state index contributed by atoms with van der Waals surface area (Å²) in [7, 11) is -3.72. The van der Waals surface area contributed by atoms with E-state index in [0.29, 0.717) is 39.4 Å². The van der Waals surface area contributed by atoms with Crippen LogP contribution in [0.5, 0.6) is 0 Å². The van der Waals surface area contributed by atoms with E-state index in [1.165, 1.54) is 15.2 Å². The van der Waals surface area contributed by atoms with Crippen LogP contribution in [0.25, 0.3) is 0 Å². The predicted octanol–water partition coefficient (Wildman–Crippen LogP) is 1.97. The van der Waals surface area contributed by atoms with Crippen molar-refractivity contribution >= 4 is 27.3 Å². The van der Waals surface area contributed by atoms with E-state index in [2.05, 4.69) is 0 Å². The van der Waals surface area contributed by atoms with Crippen LogP contribution in [-0.4, -0.2) is 56.4 Å². The number of carbonyl (C=O) groups is 1. The number of benzene rings is 1. The summed E-state index contributed by atoms with van der Waals surface area (Å²) in [6.07, 6.45) is 0.817. The molecule has 0 radical (unpaired) electrons. The molecule has 6 nitrogen and oxygen atoms in total. The first-order chi connectivity index (χ1) is 12.6. The third-order valence-corrected chi connectivity index (χ3v) is 7.78. The van der Waals surface area contributed by atoms with Gasteiger partial charge in [0.2, 0.25) is 10.0 Å². The van der Waals surface area contributed by atoms with Gasteiger partial charge in [-0.05, 0) is 35.6 Å². The van der Waals surface area contributed by atoms with Crippen molar-refractivity contribution in [2.24, 2.45) is 0 Å². The Morgan fingerprint density at radius 3 is 2.65 bits per heavy atom. The molecule has 0 atom stereocenters. The molecule has 1 aromatic heterocycles. The summed E-state index contributed by atoms with van der Waals surface area (Å²) in [5.41, 5.74) is 1.40. The minimum atomic E-state index is -3.72. The number of hydrogen-bond acceptors (Lipinski definition) is 5. The molecule has 1 aromatic carbocycles. The number of morpholine rings is 1. The van der Waals surface area contributed by atoms with Gasteiger partial charge in [-0.15, -0.1) is 11.3 Å². The van der Waals surface area contributed by atoms with Crippen molar-refractivity contribution in [2.45, 2.75) is 17.9 Å². The van der Waals surface area contributed by atoms with Gasteiger partial charge in [0.25, 0.3) is 5.91 Å². The summed E-state index contributed by atoms with van der Waals surface area (Å²) < 4.78 is 32.8. The van der Waals surface area contributed by atoms with Crippen molar-refractivity contribution in [1.82, 2.24) is 9.21 Å². The third kappa shape index (κ3) is 3.18. The van der Waals surface area contributed by atoms with E-state index in [-0.39, 0.29) is 16.4 Å². The van der Waals surface area contributed by atoms with E-state index in [0.717, 1.165) is 12.0 Å². The highest BCUT2D eigenvalue weighted by Gasteiger charge is 2.32. The first kappa shape index (κ1) is 17.7. The lowest BCUT2D eigenvalue weighted by molar-refractivity contribution is 0.0718. The van der Waals surface area contributed by atoms with Gasteiger partial charge in [0, 0.05) is 31.1 Å². The summed E-state index contributed by atoms with van der Waals surface area (Å²) in [4.78, 5) is 16.2. The Morgan fingerprint density at radius 1 is 1.08 bits per heavy atom. The zero-order valence-electron chi connectivity index (χ0n) is 14.3. The van der Waals surface area contributed by atoms with Crippen molar-refractivity contribution in [3.05, 3.63) is 51.7 Å². The fourth-order valence-corrected chi connectivity index (χ4v) is 5.87. The Hall–Kier alpha value is -1.74. The Kier molecular flexibility index (Phi) is 4.83. The third-order valence-electron chi connectivity index (χ3n) is 4.80. The molecule has 1 fully saturated rings. The molecular formula is C18H20N2O4S2. The molecular weight excluding hydrogens is 372 g/mol. The first-order valence-electron chi connectivity index (χ1n) is 8.59. The smallest absolute Gasteiger partial charge is 0.255 e. The summed E-state index contributed by atoms with van der Waals surface area (Å²) in [6, 6.07) is 8.55. The summed E-state index contributed by atoms with van der Waals surface area (Å²) in [5, 5.41) is 2.04. The van der Waals surface area contributed by atoms with Crippen LogP contribution in [0, 0.1) is 0 Å². The minimum absolute atomic E-state index is 0.0861. The maximum absolute atomic E-state index is 13.1. The molecule has 26 heavy (non-hydrogen) atoms. The standard InChI is InChI=1S/C18H20N2O4S2/c21-18(19-7-5-16-14(13-19)6-12-25-16)15-3-1-2-4-17(15)26(22,23)20-8-10-24-11-9-20/h1-4,6,12H,5,7-11,13H2. The molecule has 1 saturated heterocycles. The molecule has 0 bridgehead atoms. The van der Waals surface area contributed by atoms with Gasteiger partial charge in [-0.25, -0.2) is 8.42 Å². The Bertz CT molecular complexity index is 917. The van der Waals surface area contributed by atoms with Crippen LogP contribution >= 0.6 is 11.3 Å². The SMILES string of the molecule is O=C(c1ccccc1S(=O)(=O)N1CCOCC1)N1CCc2sccc2C1. The molecule has 0 saturated carbocycles. The second-order valence-corrected chi connectivity index (χ2v) is 9.27. The van der Waals surface area contributed by atoms with E-state index in [9.17, 15) is 13.2 Å². The van der Waals surface area contributed by atoms with Crippen molar-refractivity contribution in [3.8, 4) is 0 Å². The van der Waals surface area contributed by atoms with Crippen LogP contribution in [-0.2, 0) is 27.7 Å². The minimum Gasteiger partial charge on any atom is -0.379 e. The maximum Gasteiger partial charge on any atom is 0.255 e. The summed E-state index contributed by atoms with van der Waals surface area (Å²) >= 11 is 1.71. The van der Waals surface area contributed by atoms with Crippen LogP contribution in [0.2, 0.25) is 0 Å². The monoisotopic (exact) mass is 392 g/mol. The normalized spacial score (nSPS) is 18.5. The topological polar surface area (TPSA) is 66.9 Å². The fraction of sp³-hybridized carbons (Fsp3) is 0.389. The highest BCUT2D eigenvalue weighted by Crippen LogP contribution is 2.27. The van der Waals surface area contributed by atoms with Gasteiger partial charge in [-0.1, -0.05) is 12.1 Å². The Labute approximate surface area is 157 Å². The molecule has 138 valence electrons. The second-order valence-electron chi connectivity index (χ2n) is 6.36. The molecule has 2 aliphatic heterocycles. The van der Waals surface area contributed by atoms with E-state index in [1.807, 2.05) is 11.4 Å². The molecule has 0 unspecified atom stereocenters. The number of rotatable bonds is 3. The van der Waals surface area contributed by atoms with Gasteiger partial charge in [-0.2, -0.15) is 4.31 Å². The van der Waals surface area contributed by atoms with Crippen molar-refractivity contribution in [2.75, 3.05) is 32.8 Å². The largest absolute Gasteiger partial charge is 0.379 e. The molecule has 4 rings (SSSR count). The fourth-order valence-electron chi connectivity index (χ4n) is 3.39. The Morgan fingerprint density at radius 2 is 1.85 bits per heavy atom. The van der Waals surface area contributed by atoms with Crippen molar-refractivity contribution in [1.29, 1.82) is 0 Å². The number of ether oxygens (including phenoxy) is 1. The Balaban J connectivity index is 1.64. The lowest BCUT2D eigenvalue weighted by atomic mass is 10.1. The second kappa shape index (κ2) is 7.11. The van der Waals surface area contributed by atoms with Gasteiger partial charge in [-0.3, -0.25) is 4.79 Å². The van der Waals surface area contributed by atoms with Gasteiger partial charge in [0.05, 0.1) is 23.7 Å². The number of fused-ring (bicyclic) bond motifs is 1. The molecule has 2 aromatic rings. The molecule has 0 aliphatic carbocycles. The van der Waals surface area contributed by atoms with Crippen LogP contribution in [0.15, 0.2) is 40.6 Å². The van der Waals surface area contributed by atoms with E-state index < -0.39 is 10.0 Å². The molecule has 0 spiro atoms. The zero-order valence-corrected chi connectivity index (χ0v) is 15.9. The average molecular weight is 393 g/mol. The highest BCUT2D eigenvalue weighted by atomic mass is 32.2. The maximum atomic E-state index is 13.1. The van der Waals surface area contributed by atoms with E-state index in [4.69, 9.17) is 4.74 Å². The summed E-state index contributed by atoms with van der Waals surface area (Å²) in [5.74, 6) is -0.228. The highest BCUT2D eigenvalue weighted by molar-refractivity contribution is 7.89.